The highest BCUT2D eigenvalue weighted by Crippen LogP contribution is 2.36. The molecule has 1 aliphatic rings. The van der Waals surface area contributed by atoms with Crippen LogP contribution in [0.5, 0.6) is 0 Å². The molecule has 0 bridgehead atoms. The first-order chi connectivity index (χ1) is 14.1. The fourth-order valence-electron chi connectivity index (χ4n) is 3.19. The zero-order valence-electron chi connectivity index (χ0n) is 15.6. The predicted molar refractivity (Wildman–Crippen MR) is 103 cm³/mol. The van der Waals surface area contributed by atoms with Gasteiger partial charge in [0.05, 0.1) is 30.5 Å². The van der Waals surface area contributed by atoms with Crippen LogP contribution < -0.4 is 0 Å². The van der Waals surface area contributed by atoms with Crippen LogP contribution in [0, 0.1) is 22.7 Å². The number of nitrogens with zero attached hydrogens (tertiary/aromatic N) is 3. The summed E-state index contributed by atoms with van der Waals surface area (Å²) in [6.07, 6.45) is 0.247. The van der Waals surface area contributed by atoms with E-state index in [1.165, 1.54) is 11.0 Å². The van der Waals surface area contributed by atoms with Crippen molar-refractivity contribution in [3.05, 3.63) is 59.2 Å². The van der Waals surface area contributed by atoms with Crippen LogP contribution in [-0.4, -0.2) is 42.3 Å². The summed E-state index contributed by atoms with van der Waals surface area (Å²) in [5.41, 5.74) is 2.79. The van der Waals surface area contributed by atoms with E-state index in [4.69, 9.17) is 15.3 Å². The lowest BCUT2D eigenvalue weighted by atomic mass is 10.0. The maximum atomic E-state index is 12.6. The molecule has 0 aromatic heterocycles. The second kappa shape index (κ2) is 8.81. The summed E-state index contributed by atoms with van der Waals surface area (Å²) in [7, 11) is 0. The molecule has 7 heteroatoms. The van der Waals surface area contributed by atoms with Crippen LogP contribution in [0.25, 0.3) is 11.1 Å². The van der Waals surface area contributed by atoms with Crippen LogP contribution in [-0.2, 0) is 9.53 Å². The first-order valence-electron chi connectivity index (χ1n) is 9.03. The van der Waals surface area contributed by atoms with E-state index in [1.807, 2.05) is 24.3 Å². The van der Waals surface area contributed by atoms with Crippen molar-refractivity contribution in [1.29, 1.82) is 10.5 Å². The standard InChI is InChI=1S/C22H17N3O4/c23-9-3-11-25(12-4-10-24)20(26)14-29-22(28)15-7-8-17-16-5-1-2-6-18(16)21(27)19(17)13-15/h1-2,5-8,13H,3-4,11-12,14H2. The summed E-state index contributed by atoms with van der Waals surface area (Å²) in [6, 6.07) is 15.8. The summed E-state index contributed by atoms with van der Waals surface area (Å²) in [6.45, 7) is -0.165. The third-order valence-corrected chi connectivity index (χ3v) is 4.63. The lowest BCUT2D eigenvalue weighted by Gasteiger charge is -2.20. The first kappa shape index (κ1) is 19.8. The van der Waals surface area contributed by atoms with Gasteiger partial charge in [-0.05, 0) is 23.3 Å². The molecular formula is C22H17N3O4. The molecular weight excluding hydrogens is 370 g/mol. The quantitative estimate of drug-likeness (QED) is 0.576. The van der Waals surface area contributed by atoms with E-state index in [0.29, 0.717) is 11.1 Å². The number of nitriles is 2. The van der Waals surface area contributed by atoms with E-state index in [0.717, 1.165) is 11.1 Å². The Labute approximate surface area is 167 Å². The number of carbonyl (C=O) groups excluding carboxylic acids is 3. The van der Waals surface area contributed by atoms with Crippen molar-refractivity contribution in [1.82, 2.24) is 4.90 Å². The normalized spacial score (nSPS) is 11.0. The van der Waals surface area contributed by atoms with E-state index in [2.05, 4.69) is 0 Å². The van der Waals surface area contributed by atoms with E-state index in [1.54, 1.807) is 24.3 Å². The lowest BCUT2D eigenvalue weighted by molar-refractivity contribution is -0.134. The van der Waals surface area contributed by atoms with Gasteiger partial charge in [0.1, 0.15) is 0 Å². The van der Waals surface area contributed by atoms with Gasteiger partial charge in [-0.2, -0.15) is 10.5 Å². The number of ketones is 1. The molecule has 7 nitrogen and oxygen atoms in total. The number of fused-ring (bicyclic) bond motifs is 3. The molecule has 2 aromatic rings. The zero-order valence-corrected chi connectivity index (χ0v) is 15.6. The lowest BCUT2D eigenvalue weighted by Crippen LogP contribution is -2.36. The number of hydrogen-bond donors (Lipinski definition) is 0. The largest absolute Gasteiger partial charge is 0.452 e. The Kier molecular flexibility index (Phi) is 6.01. The maximum absolute atomic E-state index is 12.6. The minimum Gasteiger partial charge on any atom is -0.452 e. The number of rotatable bonds is 7. The SMILES string of the molecule is N#CCCN(CCC#N)C(=O)COC(=O)c1ccc2c(c1)C(=O)c1ccccc1-2. The molecule has 0 radical (unpaired) electrons. The Bertz CT molecular complexity index is 1040. The Morgan fingerprint density at radius 1 is 0.897 bits per heavy atom. The molecule has 3 rings (SSSR count). The summed E-state index contributed by atoms with van der Waals surface area (Å²) < 4.78 is 5.10. The van der Waals surface area contributed by atoms with Crippen molar-refractivity contribution in [2.45, 2.75) is 12.8 Å². The van der Waals surface area contributed by atoms with Crippen molar-refractivity contribution in [2.75, 3.05) is 19.7 Å². The molecule has 29 heavy (non-hydrogen) atoms. The Morgan fingerprint density at radius 2 is 1.52 bits per heavy atom. The Balaban J connectivity index is 1.68. The summed E-state index contributed by atoms with van der Waals surface area (Å²) in [5, 5.41) is 17.4. The topological polar surface area (TPSA) is 111 Å². The van der Waals surface area contributed by atoms with Gasteiger partial charge < -0.3 is 9.64 Å². The second-order valence-electron chi connectivity index (χ2n) is 6.41. The predicted octanol–water partition coefficient (Wildman–Crippen LogP) is 2.71. The van der Waals surface area contributed by atoms with Crippen LogP contribution in [0.15, 0.2) is 42.5 Å². The molecule has 144 valence electrons. The number of ether oxygens (including phenoxy) is 1. The fourth-order valence-corrected chi connectivity index (χ4v) is 3.19. The molecule has 0 saturated carbocycles. The number of amides is 1. The number of benzene rings is 2. The minimum absolute atomic E-state index is 0.124. The summed E-state index contributed by atoms with van der Waals surface area (Å²) in [5.74, 6) is -1.35. The molecule has 0 N–H and O–H groups in total. The first-order valence-corrected chi connectivity index (χ1v) is 9.03. The molecule has 0 unspecified atom stereocenters. The second-order valence-corrected chi connectivity index (χ2v) is 6.41. The monoisotopic (exact) mass is 387 g/mol. The maximum Gasteiger partial charge on any atom is 0.338 e. The van der Waals surface area contributed by atoms with Gasteiger partial charge in [-0.3, -0.25) is 9.59 Å². The molecule has 0 heterocycles. The van der Waals surface area contributed by atoms with Gasteiger partial charge in [0.15, 0.2) is 12.4 Å². The van der Waals surface area contributed by atoms with Gasteiger partial charge in [-0.1, -0.05) is 30.3 Å². The molecule has 1 aliphatic carbocycles. The molecule has 0 aliphatic heterocycles. The van der Waals surface area contributed by atoms with Crippen molar-refractivity contribution in [2.24, 2.45) is 0 Å². The summed E-state index contributed by atoms with van der Waals surface area (Å²) >= 11 is 0. The third-order valence-electron chi connectivity index (χ3n) is 4.63. The van der Waals surface area contributed by atoms with Gasteiger partial charge in [0.25, 0.3) is 5.91 Å². The number of esters is 1. The highest BCUT2D eigenvalue weighted by Gasteiger charge is 2.27. The average molecular weight is 387 g/mol. The highest BCUT2D eigenvalue weighted by atomic mass is 16.5. The Hall–Kier alpha value is -3.97. The van der Waals surface area contributed by atoms with E-state index in [9.17, 15) is 14.4 Å². The number of carbonyl (C=O) groups is 3. The smallest absolute Gasteiger partial charge is 0.338 e. The molecule has 1 amide bonds. The van der Waals surface area contributed by atoms with E-state index in [-0.39, 0.29) is 37.3 Å². The average Bonchev–Trinajstić information content (AvgIpc) is 3.04. The van der Waals surface area contributed by atoms with Crippen LogP contribution in [0.1, 0.15) is 39.1 Å². The Morgan fingerprint density at radius 3 is 2.17 bits per heavy atom. The van der Waals surface area contributed by atoms with Crippen molar-refractivity contribution in [3.63, 3.8) is 0 Å². The van der Waals surface area contributed by atoms with Gasteiger partial charge in [0.2, 0.25) is 0 Å². The van der Waals surface area contributed by atoms with Crippen LogP contribution in [0.4, 0.5) is 0 Å². The van der Waals surface area contributed by atoms with Crippen molar-refractivity contribution < 1.29 is 19.1 Å². The molecule has 0 atom stereocenters. The summed E-state index contributed by atoms with van der Waals surface area (Å²) in [4.78, 5) is 38.5. The van der Waals surface area contributed by atoms with Gasteiger partial charge >= 0.3 is 5.97 Å². The fraction of sp³-hybridized carbons (Fsp3) is 0.227. The third kappa shape index (κ3) is 4.15. The molecule has 2 aromatic carbocycles. The minimum atomic E-state index is -0.717. The molecule has 0 saturated heterocycles. The van der Waals surface area contributed by atoms with Crippen molar-refractivity contribution in [3.8, 4) is 23.3 Å². The molecule has 0 spiro atoms. The van der Waals surface area contributed by atoms with Crippen molar-refractivity contribution >= 4 is 17.7 Å². The van der Waals surface area contributed by atoms with Crippen LogP contribution in [0.3, 0.4) is 0 Å². The highest BCUT2D eigenvalue weighted by molar-refractivity contribution is 6.22. The number of hydrogen-bond acceptors (Lipinski definition) is 6. The van der Waals surface area contributed by atoms with E-state index >= 15 is 0 Å². The van der Waals surface area contributed by atoms with Gasteiger partial charge in [0, 0.05) is 24.2 Å². The zero-order chi connectivity index (χ0) is 20.8. The van der Waals surface area contributed by atoms with E-state index < -0.39 is 18.5 Å². The van der Waals surface area contributed by atoms with Crippen LogP contribution >= 0.6 is 0 Å². The van der Waals surface area contributed by atoms with Gasteiger partial charge in [-0.15, -0.1) is 0 Å². The molecule has 0 fully saturated rings. The van der Waals surface area contributed by atoms with Gasteiger partial charge in [-0.25, -0.2) is 4.79 Å². The van der Waals surface area contributed by atoms with Crippen LogP contribution in [0.2, 0.25) is 0 Å².